The topological polar surface area (TPSA) is 70.5 Å². The number of methoxy groups -OCH3 is 1. The molecule has 1 fully saturated rings. The number of aliphatic hydroxyl groups is 1. The molecule has 3 rings (SSSR count). The van der Waals surface area contributed by atoms with Crippen molar-refractivity contribution in [1.29, 1.82) is 0 Å². The fourth-order valence-corrected chi connectivity index (χ4v) is 4.02. The van der Waals surface area contributed by atoms with E-state index in [-0.39, 0.29) is 18.5 Å². The first-order valence-corrected chi connectivity index (χ1v) is 10.1. The molecule has 1 aromatic rings. The molecule has 9 heteroatoms. The summed E-state index contributed by atoms with van der Waals surface area (Å²) in [6, 6.07) is 1.76. The number of ether oxygens (including phenoxy) is 1. The molecule has 1 aromatic heterocycles. The average molecular weight is 426 g/mol. The Kier molecular flexibility index (Phi) is 6.84. The van der Waals surface area contributed by atoms with Gasteiger partial charge >= 0.3 is 6.18 Å². The highest BCUT2D eigenvalue weighted by Crippen LogP contribution is 2.36. The number of halogens is 3. The second-order valence-electron chi connectivity index (χ2n) is 8.27. The van der Waals surface area contributed by atoms with Crippen LogP contribution in [0.3, 0.4) is 0 Å². The maximum Gasteiger partial charge on any atom is 0.401 e. The van der Waals surface area contributed by atoms with Crippen LogP contribution >= 0.6 is 0 Å². The second-order valence-corrected chi connectivity index (χ2v) is 8.27. The van der Waals surface area contributed by atoms with Crippen molar-refractivity contribution in [3.63, 3.8) is 0 Å². The third kappa shape index (κ3) is 5.39. The average Bonchev–Trinajstić information content (AvgIpc) is 2.72. The summed E-state index contributed by atoms with van der Waals surface area (Å²) in [6.45, 7) is 1.95. The molecule has 1 aliphatic carbocycles. The number of hydrogen-bond acceptors (Lipinski definition) is 6. The fraction of sp³-hybridized carbons (Fsp3) is 0.619. The summed E-state index contributed by atoms with van der Waals surface area (Å²) >= 11 is 0. The van der Waals surface area contributed by atoms with Crippen molar-refractivity contribution in [2.24, 2.45) is 5.41 Å². The Hall–Kier alpha value is -1.97. The van der Waals surface area contributed by atoms with Crippen LogP contribution in [0.1, 0.15) is 31.9 Å². The standard InChI is InChI=1S/C21H29F3N4O2/c1-19(6-4-3-5-7-19)17(29)13-25-18-12-16(26-15-27-18)20(30-2)8-10-28(11-9-20)14-21(22,23)24/h3-6,12,15,17,29H,7-11,13-14H2,1-2H3,(H,25,26,27). The van der Waals surface area contributed by atoms with Crippen molar-refractivity contribution in [2.45, 2.75) is 44.1 Å². The van der Waals surface area contributed by atoms with Gasteiger partial charge in [-0.1, -0.05) is 31.2 Å². The lowest BCUT2D eigenvalue weighted by Gasteiger charge is -2.40. The van der Waals surface area contributed by atoms with Crippen molar-refractivity contribution in [1.82, 2.24) is 14.9 Å². The number of allylic oxidation sites excluding steroid dienone is 3. The summed E-state index contributed by atoms with van der Waals surface area (Å²) in [5.41, 5.74) is -0.463. The lowest BCUT2D eigenvalue weighted by molar-refractivity contribution is -0.157. The van der Waals surface area contributed by atoms with Gasteiger partial charge in [-0.25, -0.2) is 9.97 Å². The van der Waals surface area contributed by atoms with Gasteiger partial charge in [-0.3, -0.25) is 4.90 Å². The van der Waals surface area contributed by atoms with Crippen LogP contribution in [0.2, 0.25) is 0 Å². The number of anilines is 1. The third-order valence-corrected chi connectivity index (χ3v) is 6.11. The monoisotopic (exact) mass is 426 g/mol. The number of rotatable bonds is 7. The van der Waals surface area contributed by atoms with E-state index in [0.717, 1.165) is 6.42 Å². The minimum Gasteiger partial charge on any atom is -0.390 e. The van der Waals surface area contributed by atoms with Crippen molar-refractivity contribution in [2.75, 3.05) is 38.6 Å². The van der Waals surface area contributed by atoms with Crippen LogP contribution in [0, 0.1) is 5.41 Å². The van der Waals surface area contributed by atoms with E-state index in [1.165, 1.54) is 11.2 Å². The molecule has 166 valence electrons. The molecule has 2 heterocycles. The largest absolute Gasteiger partial charge is 0.401 e. The zero-order chi connectivity index (χ0) is 21.8. The summed E-state index contributed by atoms with van der Waals surface area (Å²) in [5.74, 6) is 0.548. The molecule has 0 bridgehead atoms. The predicted octanol–water partition coefficient (Wildman–Crippen LogP) is 3.27. The smallest absolute Gasteiger partial charge is 0.390 e. The highest BCUT2D eigenvalue weighted by molar-refractivity contribution is 5.37. The normalized spacial score (nSPS) is 25.3. The Morgan fingerprint density at radius 1 is 1.27 bits per heavy atom. The Bertz CT molecular complexity index is 776. The summed E-state index contributed by atoms with van der Waals surface area (Å²) < 4.78 is 43.8. The number of nitrogens with zero attached hydrogens (tertiary/aromatic N) is 3. The molecule has 30 heavy (non-hydrogen) atoms. The summed E-state index contributed by atoms with van der Waals surface area (Å²) in [6.07, 6.45) is 6.09. The summed E-state index contributed by atoms with van der Waals surface area (Å²) in [4.78, 5) is 9.95. The van der Waals surface area contributed by atoms with Gasteiger partial charge in [-0.15, -0.1) is 0 Å². The van der Waals surface area contributed by atoms with Crippen molar-refractivity contribution in [3.8, 4) is 0 Å². The zero-order valence-corrected chi connectivity index (χ0v) is 17.3. The van der Waals surface area contributed by atoms with E-state index in [4.69, 9.17) is 4.74 Å². The number of aliphatic hydroxyl groups excluding tert-OH is 1. The van der Waals surface area contributed by atoms with Gasteiger partial charge in [-0.05, 0) is 19.3 Å². The van der Waals surface area contributed by atoms with E-state index < -0.39 is 24.4 Å². The molecule has 6 nitrogen and oxygen atoms in total. The first-order chi connectivity index (χ1) is 14.2. The third-order valence-electron chi connectivity index (χ3n) is 6.11. The quantitative estimate of drug-likeness (QED) is 0.698. The Labute approximate surface area is 174 Å². The van der Waals surface area contributed by atoms with Crippen LogP contribution < -0.4 is 5.32 Å². The molecule has 2 unspecified atom stereocenters. The van der Waals surface area contributed by atoms with Gasteiger partial charge in [0, 0.05) is 38.2 Å². The molecular weight excluding hydrogens is 397 g/mol. The molecule has 2 aliphatic rings. The minimum atomic E-state index is -4.21. The molecule has 2 atom stereocenters. The summed E-state index contributed by atoms with van der Waals surface area (Å²) in [7, 11) is 1.56. The molecule has 0 radical (unpaired) electrons. The van der Waals surface area contributed by atoms with Crippen molar-refractivity contribution >= 4 is 5.82 Å². The van der Waals surface area contributed by atoms with E-state index in [1.807, 2.05) is 31.2 Å². The minimum absolute atomic E-state index is 0.275. The van der Waals surface area contributed by atoms with Crippen LogP contribution in [-0.4, -0.2) is 65.5 Å². The fourth-order valence-electron chi connectivity index (χ4n) is 4.02. The molecule has 0 saturated carbocycles. The zero-order valence-electron chi connectivity index (χ0n) is 17.3. The van der Waals surface area contributed by atoms with Gasteiger partial charge in [0.25, 0.3) is 0 Å². The first-order valence-electron chi connectivity index (χ1n) is 10.1. The Morgan fingerprint density at radius 3 is 2.60 bits per heavy atom. The van der Waals surface area contributed by atoms with E-state index >= 15 is 0 Å². The number of nitrogens with one attached hydrogen (secondary N) is 1. The van der Waals surface area contributed by atoms with Crippen LogP contribution in [0.15, 0.2) is 36.7 Å². The number of aromatic nitrogens is 2. The highest BCUT2D eigenvalue weighted by atomic mass is 19.4. The maximum atomic E-state index is 12.7. The van der Waals surface area contributed by atoms with E-state index in [9.17, 15) is 18.3 Å². The molecule has 1 aliphatic heterocycles. The molecule has 2 N–H and O–H groups in total. The van der Waals surface area contributed by atoms with Crippen molar-refractivity contribution in [3.05, 3.63) is 42.4 Å². The lowest BCUT2D eigenvalue weighted by atomic mass is 9.78. The SMILES string of the molecule is COC1(c2cc(NCC(O)C3(C)C=CC=CC3)ncn2)CCN(CC(F)(F)F)CC1. The Balaban J connectivity index is 1.64. The van der Waals surface area contributed by atoms with Gasteiger partial charge in [0.05, 0.1) is 18.3 Å². The molecular formula is C21H29F3N4O2. The first kappa shape index (κ1) is 22.7. The molecule has 0 amide bonds. The van der Waals surface area contributed by atoms with Crippen molar-refractivity contribution < 1.29 is 23.0 Å². The Morgan fingerprint density at radius 2 is 2.00 bits per heavy atom. The van der Waals surface area contributed by atoms with Crippen LogP contribution in [0.5, 0.6) is 0 Å². The second kappa shape index (κ2) is 9.03. The van der Waals surface area contributed by atoms with E-state index in [2.05, 4.69) is 15.3 Å². The number of hydrogen-bond donors (Lipinski definition) is 2. The number of alkyl halides is 3. The van der Waals surface area contributed by atoms with Gasteiger partial charge in [0.2, 0.25) is 0 Å². The molecule has 1 saturated heterocycles. The van der Waals surface area contributed by atoms with Crippen LogP contribution in [0.4, 0.5) is 19.0 Å². The van der Waals surface area contributed by atoms with Gasteiger partial charge in [0.15, 0.2) is 0 Å². The van der Waals surface area contributed by atoms with E-state index in [0.29, 0.717) is 30.9 Å². The molecule has 0 spiro atoms. The van der Waals surface area contributed by atoms with Gasteiger partial charge < -0.3 is 15.2 Å². The van der Waals surface area contributed by atoms with Gasteiger partial charge in [-0.2, -0.15) is 13.2 Å². The number of likely N-dealkylation sites (tertiary alicyclic amines) is 1. The summed E-state index contributed by atoms with van der Waals surface area (Å²) in [5, 5.41) is 13.8. The molecule has 0 aromatic carbocycles. The highest BCUT2D eigenvalue weighted by Gasteiger charge is 2.41. The van der Waals surface area contributed by atoms with Crippen LogP contribution in [-0.2, 0) is 10.3 Å². The predicted molar refractivity (Wildman–Crippen MR) is 108 cm³/mol. The maximum absolute atomic E-state index is 12.7. The van der Waals surface area contributed by atoms with E-state index in [1.54, 1.807) is 13.2 Å². The number of piperidine rings is 1. The van der Waals surface area contributed by atoms with Gasteiger partial charge in [0.1, 0.15) is 17.7 Å². The van der Waals surface area contributed by atoms with Crippen LogP contribution in [0.25, 0.3) is 0 Å². The lowest BCUT2D eigenvalue weighted by Crippen LogP contribution is -2.47.